The van der Waals surface area contributed by atoms with Crippen molar-refractivity contribution in [1.29, 1.82) is 5.26 Å². The van der Waals surface area contributed by atoms with Gasteiger partial charge in [-0.1, -0.05) is 30.3 Å². The van der Waals surface area contributed by atoms with E-state index < -0.39 is 0 Å². The molecular formula is C24H28N4O2. The van der Waals surface area contributed by atoms with Crippen molar-refractivity contribution >= 4 is 11.8 Å². The van der Waals surface area contributed by atoms with Crippen molar-refractivity contribution in [3.8, 4) is 17.2 Å². The molecular weight excluding hydrogens is 376 g/mol. The van der Waals surface area contributed by atoms with Crippen LogP contribution in [-0.4, -0.2) is 60.9 Å². The Kier molecular flexibility index (Phi) is 7.58. The van der Waals surface area contributed by atoms with E-state index in [1.165, 1.54) is 0 Å². The number of piperazine rings is 1. The molecule has 0 saturated carbocycles. The van der Waals surface area contributed by atoms with E-state index in [1.807, 2.05) is 35.2 Å². The van der Waals surface area contributed by atoms with E-state index in [1.54, 1.807) is 25.1 Å². The summed E-state index contributed by atoms with van der Waals surface area (Å²) in [6, 6.07) is 17.0. The maximum Gasteiger partial charge on any atom is 0.251 e. The first kappa shape index (κ1) is 21.5. The van der Waals surface area contributed by atoms with Gasteiger partial charge in [-0.3, -0.25) is 14.5 Å². The number of unbranched alkanes of at least 4 members (excludes halogenated alkanes) is 1. The van der Waals surface area contributed by atoms with Crippen LogP contribution in [0.1, 0.15) is 35.7 Å². The van der Waals surface area contributed by atoms with Crippen molar-refractivity contribution in [3.63, 3.8) is 0 Å². The minimum Gasteiger partial charge on any atom is -0.352 e. The molecule has 1 heterocycles. The summed E-state index contributed by atoms with van der Waals surface area (Å²) in [5.74, 6) is 0.0739. The van der Waals surface area contributed by atoms with Gasteiger partial charge in [-0.25, -0.2) is 0 Å². The first-order valence-electron chi connectivity index (χ1n) is 10.4. The Labute approximate surface area is 178 Å². The number of amides is 2. The lowest BCUT2D eigenvalue weighted by Crippen LogP contribution is -2.48. The Bertz CT molecular complexity index is 910. The van der Waals surface area contributed by atoms with E-state index in [4.69, 9.17) is 0 Å². The van der Waals surface area contributed by atoms with Gasteiger partial charge in [0, 0.05) is 45.2 Å². The van der Waals surface area contributed by atoms with E-state index in [2.05, 4.69) is 16.3 Å². The molecule has 30 heavy (non-hydrogen) atoms. The molecule has 6 heteroatoms. The standard InChI is InChI=1S/C24H28N4O2/c1-19(29)28-16-14-27(15-17-28)13-5-4-12-26-24(30)21-10-8-20(9-11-21)23-7-3-2-6-22(23)18-25/h2-3,6-11H,4-5,12-17H2,1H3,(H,26,30). The van der Waals surface area contributed by atoms with Gasteiger partial charge in [-0.05, 0) is 48.7 Å². The summed E-state index contributed by atoms with van der Waals surface area (Å²) in [5, 5.41) is 12.2. The molecule has 2 aromatic rings. The van der Waals surface area contributed by atoms with E-state index in [9.17, 15) is 14.9 Å². The molecule has 1 fully saturated rings. The number of hydrogen-bond acceptors (Lipinski definition) is 4. The van der Waals surface area contributed by atoms with Crippen LogP contribution >= 0.6 is 0 Å². The van der Waals surface area contributed by atoms with E-state index >= 15 is 0 Å². The zero-order chi connectivity index (χ0) is 21.3. The van der Waals surface area contributed by atoms with Crippen LogP contribution in [0.25, 0.3) is 11.1 Å². The molecule has 1 N–H and O–H groups in total. The highest BCUT2D eigenvalue weighted by atomic mass is 16.2. The molecule has 1 aliphatic rings. The van der Waals surface area contributed by atoms with Crippen LogP contribution in [0.5, 0.6) is 0 Å². The lowest BCUT2D eigenvalue weighted by Gasteiger charge is -2.34. The smallest absolute Gasteiger partial charge is 0.251 e. The van der Waals surface area contributed by atoms with E-state index in [-0.39, 0.29) is 11.8 Å². The third-order valence-corrected chi connectivity index (χ3v) is 5.51. The Morgan fingerprint density at radius 1 is 1.00 bits per heavy atom. The molecule has 1 saturated heterocycles. The van der Waals surface area contributed by atoms with Crippen molar-refractivity contribution in [2.45, 2.75) is 19.8 Å². The largest absolute Gasteiger partial charge is 0.352 e. The highest BCUT2D eigenvalue weighted by Crippen LogP contribution is 2.23. The molecule has 0 aliphatic carbocycles. The Morgan fingerprint density at radius 3 is 2.37 bits per heavy atom. The zero-order valence-corrected chi connectivity index (χ0v) is 17.4. The normalized spacial score (nSPS) is 14.2. The summed E-state index contributed by atoms with van der Waals surface area (Å²) < 4.78 is 0. The Hall–Kier alpha value is -3.17. The molecule has 0 unspecified atom stereocenters. The van der Waals surface area contributed by atoms with Crippen molar-refractivity contribution in [3.05, 3.63) is 59.7 Å². The molecule has 6 nitrogen and oxygen atoms in total. The van der Waals surface area contributed by atoms with Crippen molar-refractivity contribution in [2.24, 2.45) is 0 Å². The summed E-state index contributed by atoms with van der Waals surface area (Å²) in [5.41, 5.74) is 3.04. The lowest BCUT2D eigenvalue weighted by molar-refractivity contribution is -0.130. The second-order valence-electron chi connectivity index (χ2n) is 7.55. The number of rotatable bonds is 7. The molecule has 0 radical (unpaired) electrons. The highest BCUT2D eigenvalue weighted by molar-refractivity contribution is 5.94. The van der Waals surface area contributed by atoms with Gasteiger partial charge < -0.3 is 10.2 Å². The molecule has 0 bridgehead atoms. The predicted octanol–water partition coefficient (Wildman–Crippen LogP) is 2.90. The Morgan fingerprint density at radius 2 is 1.70 bits per heavy atom. The number of nitrogens with zero attached hydrogens (tertiary/aromatic N) is 3. The minimum atomic E-state index is -0.0785. The maximum absolute atomic E-state index is 12.4. The fraction of sp³-hybridized carbons (Fsp3) is 0.375. The summed E-state index contributed by atoms with van der Waals surface area (Å²) in [7, 11) is 0. The van der Waals surface area contributed by atoms with Crippen molar-refractivity contribution < 1.29 is 9.59 Å². The SMILES string of the molecule is CC(=O)N1CCN(CCCCNC(=O)c2ccc(-c3ccccc3C#N)cc2)CC1. The average Bonchev–Trinajstić information content (AvgIpc) is 2.79. The second kappa shape index (κ2) is 10.6. The number of hydrogen-bond donors (Lipinski definition) is 1. The number of benzene rings is 2. The molecule has 1 aliphatic heterocycles. The van der Waals surface area contributed by atoms with Crippen molar-refractivity contribution in [2.75, 3.05) is 39.3 Å². The van der Waals surface area contributed by atoms with Gasteiger partial charge in [0.25, 0.3) is 5.91 Å². The molecule has 2 amide bonds. The van der Waals surface area contributed by atoms with Gasteiger partial charge in [0.05, 0.1) is 11.6 Å². The van der Waals surface area contributed by atoms with Crippen molar-refractivity contribution in [1.82, 2.24) is 15.1 Å². The van der Waals surface area contributed by atoms with Gasteiger partial charge in [0.1, 0.15) is 0 Å². The van der Waals surface area contributed by atoms with Gasteiger partial charge in [-0.15, -0.1) is 0 Å². The molecule has 0 atom stereocenters. The fourth-order valence-electron chi connectivity index (χ4n) is 3.68. The number of nitrogens with one attached hydrogen (secondary N) is 1. The van der Waals surface area contributed by atoms with Crippen LogP contribution in [-0.2, 0) is 4.79 Å². The monoisotopic (exact) mass is 404 g/mol. The van der Waals surface area contributed by atoms with Crippen LogP contribution < -0.4 is 5.32 Å². The number of carbonyl (C=O) groups is 2. The first-order chi connectivity index (χ1) is 14.6. The van der Waals surface area contributed by atoms with E-state index in [0.717, 1.165) is 56.7 Å². The van der Waals surface area contributed by atoms with Crippen LogP contribution in [0.3, 0.4) is 0 Å². The van der Waals surface area contributed by atoms with Gasteiger partial charge in [-0.2, -0.15) is 5.26 Å². The third-order valence-electron chi connectivity index (χ3n) is 5.51. The third kappa shape index (κ3) is 5.68. The summed E-state index contributed by atoms with van der Waals surface area (Å²) >= 11 is 0. The molecule has 0 spiro atoms. The Balaban J connectivity index is 1.39. The molecule has 156 valence electrons. The minimum absolute atomic E-state index is 0.0785. The van der Waals surface area contributed by atoms with Gasteiger partial charge >= 0.3 is 0 Å². The van der Waals surface area contributed by atoms with Crippen LogP contribution in [0.15, 0.2) is 48.5 Å². The second-order valence-corrected chi connectivity index (χ2v) is 7.55. The highest BCUT2D eigenvalue weighted by Gasteiger charge is 2.17. The van der Waals surface area contributed by atoms with E-state index in [0.29, 0.717) is 17.7 Å². The van der Waals surface area contributed by atoms with Gasteiger partial charge in [0.2, 0.25) is 5.91 Å². The predicted molar refractivity (Wildman–Crippen MR) is 117 cm³/mol. The molecule has 2 aromatic carbocycles. The quantitative estimate of drug-likeness (QED) is 0.720. The lowest BCUT2D eigenvalue weighted by atomic mass is 9.99. The fourth-order valence-corrected chi connectivity index (χ4v) is 3.68. The maximum atomic E-state index is 12.4. The topological polar surface area (TPSA) is 76.4 Å². The van der Waals surface area contributed by atoms with Crippen LogP contribution in [0, 0.1) is 11.3 Å². The number of nitriles is 1. The number of carbonyl (C=O) groups excluding carboxylic acids is 2. The zero-order valence-electron chi connectivity index (χ0n) is 17.4. The van der Waals surface area contributed by atoms with Crippen LogP contribution in [0.2, 0.25) is 0 Å². The summed E-state index contributed by atoms with van der Waals surface area (Å²) in [6.07, 6.45) is 1.94. The molecule has 0 aromatic heterocycles. The first-order valence-corrected chi connectivity index (χ1v) is 10.4. The van der Waals surface area contributed by atoms with Crippen LogP contribution in [0.4, 0.5) is 0 Å². The summed E-state index contributed by atoms with van der Waals surface area (Å²) in [6.45, 7) is 6.72. The summed E-state index contributed by atoms with van der Waals surface area (Å²) in [4.78, 5) is 28.0. The molecule has 3 rings (SSSR count). The average molecular weight is 405 g/mol. The van der Waals surface area contributed by atoms with Gasteiger partial charge in [0.15, 0.2) is 0 Å².